The molecule has 0 aliphatic carbocycles. The number of hydrogen-bond donors (Lipinski definition) is 0. The first-order valence-electron chi connectivity index (χ1n) is 4.85. The van der Waals surface area contributed by atoms with Gasteiger partial charge in [0.2, 0.25) is 4.87 Å². The summed E-state index contributed by atoms with van der Waals surface area (Å²) >= 11 is -1.40. The summed E-state index contributed by atoms with van der Waals surface area (Å²) in [6.07, 6.45) is 9.18. The lowest BCUT2D eigenvalue weighted by molar-refractivity contribution is 0.453. The van der Waals surface area contributed by atoms with Gasteiger partial charge >= 0.3 is 0 Å². The molecule has 0 radical (unpaired) electrons. The number of hydrogen-bond acceptors (Lipinski definition) is 3. The summed E-state index contributed by atoms with van der Waals surface area (Å²) < 4.78 is 15.4. The molecule has 2 unspecified atom stereocenters. The molecule has 0 amide bonds. The van der Waals surface area contributed by atoms with E-state index in [1.54, 1.807) is 6.21 Å². The Morgan fingerprint density at radius 3 is 3.13 bits per heavy atom. The van der Waals surface area contributed by atoms with Crippen LogP contribution in [0.4, 0.5) is 0 Å². The van der Waals surface area contributed by atoms with Crippen LogP contribution in [0.1, 0.15) is 19.8 Å². The second kappa shape index (κ2) is 5.28. The molecule has 0 N–H and O–H groups in total. The molecule has 0 spiro atoms. The standard InChI is InChI=1S/C11H16N2OS/c1-4-7-10-8-5-6-9-13-11(10,2)15(14)12-3/h4-5,8-10H,1,3,6-7H2,2H3/t10-,11?,15?/m1/s1. The smallest absolute Gasteiger partial charge is 0.245 e. The Hall–Kier alpha value is -0.870. The number of rotatable bonds is 4. The Bertz CT molecular complexity index is 301. The van der Waals surface area contributed by atoms with Crippen molar-refractivity contribution in [3.8, 4) is 0 Å². The SMILES string of the molecule is C=CC[C@@H]1C=CCC=NC1(C)[S+]([O-])N=C. The maximum atomic E-state index is 11.8. The normalized spacial score (nSPS) is 32.0. The summed E-state index contributed by atoms with van der Waals surface area (Å²) in [6, 6.07) is 0. The molecule has 3 nitrogen and oxygen atoms in total. The van der Waals surface area contributed by atoms with Gasteiger partial charge in [-0.15, -0.1) is 6.58 Å². The van der Waals surface area contributed by atoms with E-state index in [1.807, 2.05) is 25.2 Å². The zero-order chi connectivity index (χ0) is 11.3. The van der Waals surface area contributed by atoms with Crippen molar-refractivity contribution < 1.29 is 4.55 Å². The van der Waals surface area contributed by atoms with E-state index in [0.29, 0.717) is 0 Å². The quantitative estimate of drug-likeness (QED) is 0.410. The Morgan fingerprint density at radius 2 is 2.53 bits per heavy atom. The van der Waals surface area contributed by atoms with Crippen molar-refractivity contribution in [3.63, 3.8) is 0 Å². The average Bonchev–Trinajstić information content (AvgIpc) is 2.42. The van der Waals surface area contributed by atoms with Crippen molar-refractivity contribution in [1.29, 1.82) is 0 Å². The third kappa shape index (κ3) is 2.58. The number of nitrogens with zero attached hydrogens (tertiary/aromatic N) is 2. The van der Waals surface area contributed by atoms with Crippen molar-refractivity contribution in [2.45, 2.75) is 24.6 Å². The fourth-order valence-corrected chi connectivity index (χ4v) is 2.45. The highest BCUT2D eigenvalue weighted by Gasteiger charge is 2.44. The molecule has 0 aromatic rings. The minimum Gasteiger partial charge on any atom is -0.589 e. The van der Waals surface area contributed by atoms with Crippen molar-refractivity contribution in [1.82, 2.24) is 0 Å². The first-order chi connectivity index (χ1) is 7.15. The van der Waals surface area contributed by atoms with E-state index < -0.39 is 16.2 Å². The summed E-state index contributed by atoms with van der Waals surface area (Å²) in [7, 11) is 0. The van der Waals surface area contributed by atoms with E-state index >= 15 is 0 Å². The predicted molar refractivity (Wildman–Crippen MR) is 66.6 cm³/mol. The maximum absolute atomic E-state index is 11.8. The van der Waals surface area contributed by atoms with Gasteiger partial charge in [0.1, 0.15) is 11.4 Å². The molecule has 1 aliphatic heterocycles. The number of aliphatic imine (C=N–C) groups is 1. The van der Waals surface area contributed by atoms with Gasteiger partial charge in [0.25, 0.3) is 0 Å². The Kier molecular flexibility index (Phi) is 4.29. The lowest BCUT2D eigenvalue weighted by Crippen LogP contribution is -2.38. The lowest BCUT2D eigenvalue weighted by atomic mass is 9.97. The van der Waals surface area contributed by atoms with Crippen LogP contribution in [0.15, 0.2) is 34.2 Å². The van der Waals surface area contributed by atoms with Crippen LogP contribution in [-0.4, -0.2) is 22.4 Å². The highest BCUT2D eigenvalue weighted by atomic mass is 32.2. The van der Waals surface area contributed by atoms with E-state index in [1.165, 1.54) is 0 Å². The van der Waals surface area contributed by atoms with Gasteiger partial charge in [-0.3, -0.25) is 0 Å². The Morgan fingerprint density at radius 1 is 1.80 bits per heavy atom. The molecular weight excluding hydrogens is 208 g/mol. The van der Waals surface area contributed by atoms with Crippen molar-refractivity contribution >= 4 is 24.3 Å². The van der Waals surface area contributed by atoms with Gasteiger partial charge in [-0.2, -0.15) is 0 Å². The highest BCUT2D eigenvalue weighted by molar-refractivity contribution is 7.91. The van der Waals surface area contributed by atoms with E-state index in [4.69, 9.17) is 0 Å². The molecule has 0 aromatic carbocycles. The minimum atomic E-state index is -1.40. The van der Waals surface area contributed by atoms with Crippen LogP contribution in [0.2, 0.25) is 0 Å². The second-order valence-corrected chi connectivity index (χ2v) is 5.12. The largest absolute Gasteiger partial charge is 0.589 e. The molecule has 0 bridgehead atoms. The highest BCUT2D eigenvalue weighted by Crippen LogP contribution is 2.34. The molecule has 0 aromatic heterocycles. The first-order valence-corrected chi connectivity index (χ1v) is 5.95. The van der Waals surface area contributed by atoms with Crippen LogP contribution in [0.5, 0.6) is 0 Å². The Labute approximate surface area is 94.0 Å². The van der Waals surface area contributed by atoms with Gasteiger partial charge in [-0.25, -0.2) is 4.99 Å². The van der Waals surface area contributed by atoms with Gasteiger partial charge in [0.15, 0.2) is 0 Å². The molecule has 1 heterocycles. The van der Waals surface area contributed by atoms with E-state index in [9.17, 15) is 4.55 Å². The van der Waals surface area contributed by atoms with E-state index in [2.05, 4.69) is 22.7 Å². The van der Waals surface area contributed by atoms with Crippen LogP contribution in [0.3, 0.4) is 0 Å². The van der Waals surface area contributed by atoms with Crippen molar-refractivity contribution in [2.24, 2.45) is 15.3 Å². The minimum absolute atomic E-state index is 0.0695. The first kappa shape index (κ1) is 12.2. The molecule has 15 heavy (non-hydrogen) atoms. The predicted octanol–water partition coefficient (Wildman–Crippen LogP) is 2.29. The van der Waals surface area contributed by atoms with Crippen LogP contribution < -0.4 is 0 Å². The van der Waals surface area contributed by atoms with Crippen molar-refractivity contribution in [2.75, 3.05) is 0 Å². The molecular formula is C11H16N2OS. The molecule has 3 atom stereocenters. The van der Waals surface area contributed by atoms with Crippen LogP contribution in [-0.2, 0) is 11.4 Å². The molecule has 0 saturated carbocycles. The summed E-state index contributed by atoms with van der Waals surface area (Å²) in [5, 5.41) is 0. The summed E-state index contributed by atoms with van der Waals surface area (Å²) in [4.78, 5) is 3.65. The number of allylic oxidation sites excluding steroid dienone is 2. The fraction of sp³-hybridized carbons (Fsp3) is 0.455. The van der Waals surface area contributed by atoms with Gasteiger partial charge in [-0.05, 0) is 6.42 Å². The fourth-order valence-electron chi connectivity index (χ4n) is 1.59. The summed E-state index contributed by atoms with van der Waals surface area (Å²) in [5.41, 5.74) is 0. The topological polar surface area (TPSA) is 47.8 Å². The molecule has 1 aliphatic rings. The molecule has 0 fully saturated rings. The van der Waals surface area contributed by atoms with Gasteiger partial charge in [-0.1, -0.05) is 22.6 Å². The second-order valence-electron chi connectivity index (χ2n) is 3.54. The monoisotopic (exact) mass is 224 g/mol. The Balaban J connectivity index is 3.01. The van der Waals surface area contributed by atoms with Crippen LogP contribution in [0.25, 0.3) is 0 Å². The van der Waals surface area contributed by atoms with Gasteiger partial charge in [0.05, 0.1) is 5.92 Å². The zero-order valence-corrected chi connectivity index (χ0v) is 9.74. The molecule has 1 rings (SSSR count). The zero-order valence-electron chi connectivity index (χ0n) is 8.93. The summed E-state index contributed by atoms with van der Waals surface area (Å²) in [5.74, 6) is 0.0695. The molecule has 82 valence electrons. The van der Waals surface area contributed by atoms with Gasteiger partial charge < -0.3 is 4.55 Å². The summed E-state index contributed by atoms with van der Waals surface area (Å²) in [6.45, 7) is 8.88. The molecule has 0 saturated heterocycles. The van der Waals surface area contributed by atoms with E-state index in [0.717, 1.165) is 12.8 Å². The van der Waals surface area contributed by atoms with Gasteiger partial charge in [0, 0.05) is 26.3 Å². The third-order valence-electron chi connectivity index (χ3n) is 2.54. The van der Waals surface area contributed by atoms with E-state index in [-0.39, 0.29) is 5.92 Å². The van der Waals surface area contributed by atoms with Crippen LogP contribution in [0, 0.1) is 5.92 Å². The lowest BCUT2D eigenvalue weighted by Gasteiger charge is -2.28. The molecule has 4 heteroatoms. The third-order valence-corrected chi connectivity index (χ3v) is 3.89. The maximum Gasteiger partial charge on any atom is 0.245 e. The van der Waals surface area contributed by atoms with Crippen LogP contribution >= 0.6 is 0 Å². The average molecular weight is 224 g/mol. The van der Waals surface area contributed by atoms with Crippen molar-refractivity contribution in [3.05, 3.63) is 24.8 Å².